The van der Waals surface area contributed by atoms with E-state index in [1.165, 1.54) is 61.0 Å². The SMILES string of the molecule is CC(C)Cc1cccc2c1sc1c(-c3cc(C(C)C)c4c(c3)sc3sc5ccccc5c34)ncnc12. The molecule has 0 unspecified atom stereocenters. The molecule has 0 radical (unpaired) electrons. The monoisotopic (exact) mass is 522 g/mol. The first-order valence-electron chi connectivity index (χ1n) is 12.5. The highest BCUT2D eigenvalue weighted by molar-refractivity contribution is 7.44. The van der Waals surface area contributed by atoms with Crippen molar-refractivity contribution < 1.29 is 0 Å². The van der Waals surface area contributed by atoms with Crippen molar-refractivity contribution in [2.45, 2.75) is 40.0 Å². The lowest BCUT2D eigenvalue weighted by Gasteiger charge is -2.12. The second kappa shape index (κ2) is 8.34. The quantitative estimate of drug-likeness (QED) is 0.230. The number of hydrogen-bond donors (Lipinski definition) is 0. The predicted molar refractivity (Wildman–Crippen MR) is 161 cm³/mol. The first-order chi connectivity index (χ1) is 17.5. The Kier molecular flexibility index (Phi) is 5.18. The lowest BCUT2D eigenvalue weighted by atomic mass is 9.94. The fourth-order valence-electron chi connectivity index (χ4n) is 5.47. The number of aromatic nitrogens is 2. The maximum atomic E-state index is 4.87. The van der Waals surface area contributed by atoms with Gasteiger partial charge in [0.2, 0.25) is 0 Å². The van der Waals surface area contributed by atoms with Crippen LogP contribution in [0.25, 0.3) is 61.1 Å². The first-order valence-corrected chi connectivity index (χ1v) is 15.0. The Morgan fingerprint density at radius 3 is 2.39 bits per heavy atom. The largest absolute Gasteiger partial charge is 0.235 e. The van der Waals surface area contributed by atoms with Gasteiger partial charge in [-0.3, -0.25) is 0 Å². The number of fused-ring (bicyclic) bond motifs is 8. The number of benzene rings is 3. The van der Waals surface area contributed by atoms with Crippen LogP contribution in [0.5, 0.6) is 0 Å². The summed E-state index contributed by atoms with van der Waals surface area (Å²) in [6, 6.07) is 20.3. The molecule has 0 fully saturated rings. The van der Waals surface area contributed by atoms with Gasteiger partial charge in [0.15, 0.2) is 0 Å². The van der Waals surface area contributed by atoms with E-state index in [-0.39, 0.29) is 0 Å². The Balaban J connectivity index is 1.52. The molecule has 0 saturated heterocycles. The summed E-state index contributed by atoms with van der Waals surface area (Å²) in [6.07, 6.45) is 2.83. The molecule has 7 aromatic rings. The number of nitrogens with zero attached hydrogens (tertiary/aromatic N) is 2. The zero-order valence-electron chi connectivity index (χ0n) is 20.8. The van der Waals surface area contributed by atoms with Crippen LogP contribution in [-0.4, -0.2) is 9.97 Å². The molecule has 0 saturated carbocycles. The molecule has 0 bridgehead atoms. The van der Waals surface area contributed by atoms with Gasteiger partial charge in [0.05, 0.1) is 19.9 Å². The molecule has 5 heteroatoms. The van der Waals surface area contributed by atoms with Gasteiger partial charge in [0.1, 0.15) is 6.33 Å². The van der Waals surface area contributed by atoms with Crippen LogP contribution < -0.4 is 0 Å². The van der Waals surface area contributed by atoms with Crippen molar-refractivity contribution in [3.63, 3.8) is 0 Å². The third-order valence-electron chi connectivity index (χ3n) is 7.03. The van der Waals surface area contributed by atoms with Crippen molar-refractivity contribution in [2.24, 2.45) is 5.92 Å². The van der Waals surface area contributed by atoms with Crippen LogP contribution in [0.1, 0.15) is 44.7 Å². The third-order valence-corrected chi connectivity index (χ3v) is 10.7. The minimum atomic E-state index is 0.418. The molecule has 0 aliphatic rings. The van der Waals surface area contributed by atoms with E-state index in [0.29, 0.717) is 11.8 Å². The molecule has 4 heterocycles. The van der Waals surface area contributed by atoms with Crippen LogP contribution in [0, 0.1) is 5.92 Å². The Labute approximate surface area is 222 Å². The van der Waals surface area contributed by atoms with Crippen molar-refractivity contribution in [1.82, 2.24) is 9.97 Å². The second-order valence-corrected chi connectivity index (χ2v) is 13.7. The highest BCUT2D eigenvalue weighted by Crippen LogP contribution is 2.48. The molecule has 0 aliphatic heterocycles. The van der Waals surface area contributed by atoms with E-state index in [9.17, 15) is 0 Å². The van der Waals surface area contributed by atoms with Crippen LogP contribution in [0.4, 0.5) is 0 Å². The summed E-state index contributed by atoms with van der Waals surface area (Å²) in [5, 5.41) is 5.49. The molecule has 0 amide bonds. The standard InChI is InChI=1S/C31H26N2S3/c1-16(2)12-18-8-7-10-21-28-30(36-29(18)21)27(32-15-33-28)19-13-22(17(3)4)25-24(14-19)35-31-26(25)20-9-5-6-11-23(20)34-31/h5-11,13-17H,12H2,1-4H3. The molecule has 0 spiro atoms. The lowest BCUT2D eigenvalue weighted by Crippen LogP contribution is -1.93. The molecule has 3 aromatic carbocycles. The summed E-state index contributed by atoms with van der Waals surface area (Å²) >= 11 is 5.70. The van der Waals surface area contributed by atoms with E-state index < -0.39 is 0 Å². The Morgan fingerprint density at radius 1 is 0.750 bits per heavy atom. The average Bonchev–Trinajstić information content (AvgIpc) is 3.52. The summed E-state index contributed by atoms with van der Waals surface area (Å²) in [4.78, 5) is 9.63. The average molecular weight is 523 g/mol. The number of hydrogen-bond acceptors (Lipinski definition) is 5. The van der Waals surface area contributed by atoms with Gasteiger partial charge < -0.3 is 0 Å². The molecule has 36 heavy (non-hydrogen) atoms. The van der Waals surface area contributed by atoms with Gasteiger partial charge in [-0.05, 0) is 47.6 Å². The normalized spacial score (nSPS) is 12.5. The van der Waals surface area contributed by atoms with Gasteiger partial charge in [0.25, 0.3) is 0 Å². The smallest absolute Gasteiger partial charge is 0.116 e. The van der Waals surface area contributed by atoms with Gasteiger partial charge >= 0.3 is 0 Å². The maximum absolute atomic E-state index is 4.87. The maximum Gasteiger partial charge on any atom is 0.116 e. The summed E-state index contributed by atoms with van der Waals surface area (Å²) in [5.41, 5.74) is 6.16. The minimum absolute atomic E-state index is 0.418. The van der Waals surface area contributed by atoms with E-state index in [1.807, 2.05) is 34.0 Å². The lowest BCUT2D eigenvalue weighted by molar-refractivity contribution is 0.650. The van der Waals surface area contributed by atoms with Crippen LogP contribution in [-0.2, 0) is 6.42 Å². The highest BCUT2D eigenvalue weighted by Gasteiger charge is 2.21. The predicted octanol–water partition coefficient (Wildman–Crippen LogP) is 10.4. The third kappa shape index (κ3) is 3.33. The molecular weight excluding hydrogens is 497 g/mol. The minimum Gasteiger partial charge on any atom is -0.235 e. The van der Waals surface area contributed by atoms with Gasteiger partial charge in [-0.2, -0.15) is 0 Å². The van der Waals surface area contributed by atoms with Crippen molar-refractivity contribution in [2.75, 3.05) is 0 Å². The fourth-order valence-corrected chi connectivity index (χ4v) is 9.43. The van der Waals surface area contributed by atoms with E-state index in [0.717, 1.165) is 17.6 Å². The van der Waals surface area contributed by atoms with E-state index >= 15 is 0 Å². The van der Waals surface area contributed by atoms with E-state index in [2.05, 4.69) is 82.3 Å². The number of thiophene rings is 3. The van der Waals surface area contributed by atoms with Gasteiger partial charge in [-0.1, -0.05) is 64.1 Å². The first kappa shape index (κ1) is 22.3. The van der Waals surface area contributed by atoms with Crippen molar-refractivity contribution in [1.29, 1.82) is 0 Å². The van der Waals surface area contributed by atoms with Gasteiger partial charge in [-0.25, -0.2) is 9.97 Å². The molecule has 0 aliphatic carbocycles. The zero-order valence-corrected chi connectivity index (χ0v) is 23.2. The van der Waals surface area contributed by atoms with E-state index in [1.54, 1.807) is 6.33 Å². The summed E-state index contributed by atoms with van der Waals surface area (Å²) < 4.78 is 6.70. The van der Waals surface area contributed by atoms with Gasteiger partial charge in [-0.15, -0.1) is 34.0 Å². The molecule has 178 valence electrons. The molecule has 7 rings (SSSR count). The van der Waals surface area contributed by atoms with Crippen LogP contribution in [0.2, 0.25) is 0 Å². The fraction of sp³-hybridized carbons (Fsp3) is 0.226. The Morgan fingerprint density at radius 2 is 1.56 bits per heavy atom. The molecule has 0 N–H and O–H groups in total. The van der Waals surface area contributed by atoms with Crippen molar-refractivity contribution >= 4 is 83.9 Å². The van der Waals surface area contributed by atoms with Crippen LogP contribution in [0.15, 0.2) is 60.9 Å². The highest BCUT2D eigenvalue weighted by atomic mass is 32.2. The molecular formula is C31H26N2S3. The topological polar surface area (TPSA) is 25.8 Å². The summed E-state index contributed by atoms with van der Waals surface area (Å²) in [7, 11) is 0. The number of rotatable bonds is 4. The van der Waals surface area contributed by atoms with Gasteiger partial charge in [0, 0.05) is 41.2 Å². The molecule has 4 aromatic heterocycles. The molecule has 0 atom stereocenters. The van der Waals surface area contributed by atoms with Crippen LogP contribution >= 0.6 is 34.0 Å². The zero-order chi connectivity index (χ0) is 24.6. The Bertz CT molecular complexity index is 1930. The molecule has 2 nitrogen and oxygen atoms in total. The van der Waals surface area contributed by atoms with Crippen molar-refractivity contribution in [3.05, 3.63) is 72.1 Å². The summed E-state index contributed by atoms with van der Waals surface area (Å²) in [6.45, 7) is 9.19. The van der Waals surface area contributed by atoms with E-state index in [4.69, 9.17) is 9.97 Å². The summed E-state index contributed by atoms with van der Waals surface area (Å²) in [5.74, 6) is 1.03. The van der Waals surface area contributed by atoms with Crippen molar-refractivity contribution in [3.8, 4) is 11.3 Å². The Hall–Kier alpha value is -2.86. The van der Waals surface area contributed by atoms with Crippen LogP contribution in [0.3, 0.4) is 0 Å². The second-order valence-electron chi connectivity index (χ2n) is 10.3.